The van der Waals surface area contributed by atoms with Crippen LogP contribution in [0.15, 0.2) is 12.2 Å². The molecule has 0 saturated heterocycles. The Hall–Kier alpha value is -1.12. The van der Waals surface area contributed by atoms with Crippen LogP contribution in [-0.4, -0.2) is 17.9 Å². The van der Waals surface area contributed by atoms with Crippen molar-refractivity contribution < 1.29 is 14.3 Å². The second-order valence-corrected chi connectivity index (χ2v) is 3.50. The van der Waals surface area contributed by atoms with Crippen molar-refractivity contribution in [3.05, 3.63) is 12.2 Å². The van der Waals surface area contributed by atoms with Gasteiger partial charge in [0.2, 0.25) is 0 Å². The van der Waals surface area contributed by atoms with E-state index in [0.717, 1.165) is 0 Å². The summed E-state index contributed by atoms with van der Waals surface area (Å²) in [7, 11) is 0. The molecule has 1 heterocycles. The fraction of sp³-hybridized carbons (Fsp3) is 0.556. The molecule has 0 N–H and O–H groups in total. The zero-order valence-corrected chi connectivity index (χ0v) is 6.87. The molecule has 1 aliphatic heterocycles. The summed E-state index contributed by atoms with van der Waals surface area (Å²) < 4.78 is 5.04. The first-order chi connectivity index (χ1) is 5.63. The molecule has 0 spiro atoms. The van der Waals surface area contributed by atoms with E-state index in [1.54, 1.807) is 6.08 Å². The number of Topliss-reactive ketones (excluding diaryl/α,β-unsaturated/α-hetero) is 1. The molecule has 3 heteroatoms. The van der Waals surface area contributed by atoms with Crippen LogP contribution in [0.3, 0.4) is 0 Å². The number of hydrogen-bond acceptors (Lipinski definition) is 3. The third-order valence-electron chi connectivity index (χ3n) is 2.73. The van der Waals surface area contributed by atoms with E-state index >= 15 is 0 Å². The molecule has 0 bridgehead atoms. The summed E-state index contributed by atoms with van der Waals surface area (Å²) in [6.07, 6.45) is 4.01. The molecule has 1 aliphatic carbocycles. The van der Waals surface area contributed by atoms with Gasteiger partial charge >= 0.3 is 5.97 Å². The van der Waals surface area contributed by atoms with Crippen LogP contribution in [0, 0.1) is 5.41 Å². The number of carbonyl (C=O) groups excluding carboxylic acids is 2. The number of esters is 1. The first-order valence-electron chi connectivity index (χ1n) is 4.06. The summed E-state index contributed by atoms with van der Waals surface area (Å²) in [5.74, 6) is -0.150. The Morgan fingerprint density at radius 2 is 2.33 bits per heavy atom. The van der Waals surface area contributed by atoms with Crippen LogP contribution >= 0.6 is 0 Å². The molecule has 2 rings (SSSR count). The Kier molecular flexibility index (Phi) is 1.37. The van der Waals surface area contributed by atoms with Gasteiger partial charge in [0.15, 0.2) is 0 Å². The minimum atomic E-state index is -0.534. The van der Waals surface area contributed by atoms with Gasteiger partial charge in [-0.15, -0.1) is 0 Å². The largest absolute Gasteiger partial charge is 0.458 e. The van der Waals surface area contributed by atoms with Crippen LogP contribution in [0.4, 0.5) is 0 Å². The Bertz CT molecular complexity index is 279. The fourth-order valence-electron chi connectivity index (χ4n) is 1.81. The number of ether oxygens (including phenoxy) is 1. The van der Waals surface area contributed by atoms with Gasteiger partial charge in [0.1, 0.15) is 11.9 Å². The second kappa shape index (κ2) is 2.19. The van der Waals surface area contributed by atoms with Crippen molar-refractivity contribution in [2.75, 3.05) is 0 Å². The monoisotopic (exact) mass is 166 g/mol. The van der Waals surface area contributed by atoms with Gasteiger partial charge in [-0.3, -0.25) is 4.79 Å². The van der Waals surface area contributed by atoms with E-state index in [4.69, 9.17) is 4.74 Å². The summed E-state index contributed by atoms with van der Waals surface area (Å²) in [5, 5.41) is 0. The quantitative estimate of drug-likeness (QED) is 0.501. The lowest BCUT2D eigenvalue weighted by atomic mass is 9.84. The van der Waals surface area contributed by atoms with Gasteiger partial charge in [-0.25, -0.2) is 4.79 Å². The van der Waals surface area contributed by atoms with Gasteiger partial charge < -0.3 is 4.74 Å². The average molecular weight is 166 g/mol. The number of fused-ring (bicyclic) bond motifs is 1. The van der Waals surface area contributed by atoms with Crippen molar-refractivity contribution in [1.82, 2.24) is 0 Å². The molecule has 2 atom stereocenters. The summed E-state index contributed by atoms with van der Waals surface area (Å²) in [5.41, 5.74) is -0.534. The standard InChI is InChI=1S/C9H10O3/c1-9-5-4-8(11)12-7(9)3-2-6(9)10/h4-5,7H,2-3H2,1H3/t7-,9+/m0/s1. The predicted octanol–water partition coefficient (Wildman–Crippen LogP) is 0.837. The first kappa shape index (κ1) is 7.53. The van der Waals surface area contributed by atoms with Gasteiger partial charge in [-0.2, -0.15) is 0 Å². The zero-order valence-electron chi connectivity index (χ0n) is 6.87. The van der Waals surface area contributed by atoms with Gasteiger partial charge in [0, 0.05) is 12.5 Å². The Labute approximate surface area is 70.4 Å². The maximum absolute atomic E-state index is 11.4. The number of rotatable bonds is 0. The van der Waals surface area contributed by atoms with Crippen LogP contribution in [0.25, 0.3) is 0 Å². The van der Waals surface area contributed by atoms with E-state index in [1.807, 2.05) is 6.92 Å². The maximum Gasteiger partial charge on any atom is 0.330 e. The lowest BCUT2D eigenvalue weighted by Crippen LogP contribution is -2.37. The summed E-state index contributed by atoms with van der Waals surface area (Å²) in [4.78, 5) is 22.2. The third-order valence-corrected chi connectivity index (χ3v) is 2.73. The average Bonchev–Trinajstić information content (AvgIpc) is 2.31. The molecule has 0 radical (unpaired) electrons. The molecule has 1 saturated carbocycles. The van der Waals surface area contributed by atoms with Crippen molar-refractivity contribution in [3.63, 3.8) is 0 Å². The summed E-state index contributed by atoms with van der Waals surface area (Å²) in [6.45, 7) is 1.83. The van der Waals surface area contributed by atoms with Crippen molar-refractivity contribution >= 4 is 11.8 Å². The minimum absolute atomic E-state index is 0.177. The molecule has 64 valence electrons. The smallest absolute Gasteiger partial charge is 0.330 e. The highest BCUT2D eigenvalue weighted by Gasteiger charge is 2.48. The van der Waals surface area contributed by atoms with E-state index in [9.17, 15) is 9.59 Å². The van der Waals surface area contributed by atoms with Crippen LogP contribution in [0.5, 0.6) is 0 Å². The molecule has 0 aromatic heterocycles. The van der Waals surface area contributed by atoms with Crippen molar-refractivity contribution in [2.45, 2.75) is 25.9 Å². The molecular formula is C9H10O3. The number of carbonyl (C=O) groups is 2. The Morgan fingerprint density at radius 1 is 1.58 bits per heavy atom. The molecular weight excluding hydrogens is 156 g/mol. The molecule has 1 fully saturated rings. The molecule has 0 unspecified atom stereocenters. The SMILES string of the molecule is C[C@]12C=CC(=O)O[C@H]1CCC2=O. The van der Waals surface area contributed by atoms with Crippen LogP contribution in [0.2, 0.25) is 0 Å². The van der Waals surface area contributed by atoms with Crippen LogP contribution in [-0.2, 0) is 14.3 Å². The Balaban J connectivity index is 2.39. The van der Waals surface area contributed by atoms with Gasteiger partial charge in [-0.05, 0) is 13.3 Å². The topological polar surface area (TPSA) is 43.4 Å². The third kappa shape index (κ3) is 0.823. The minimum Gasteiger partial charge on any atom is -0.458 e. The van der Waals surface area contributed by atoms with E-state index in [0.29, 0.717) is 12.8 Å². The zero-order chi connectivity index (χ0) is 8.77. The first-order valence-corrected chi connectivity index (χ1v) is 4.06. The van der Waals surface area contributed by atoms with Crippen LogP contribution in [0.1, 0.15) is 19.8 Å². The number of hydrogen-bond donors (Lipinski definition) is 0. The fourth-order valence-corrected chi connectivity index (χ4v) is 1.81. The summed E-state index contributed by atoms with van der Waals surface area (Å²) in [6, 6.07) is 0. The highest BCUT2D eigenvalue weighted by Crippen LogP contribution is 2.40. The summed E-state index contributed by atoms with van der Waals surface area (Å²) >= 11 is 0. The highest BCUT2D eigenvalue weighted by molar-refractivity contribution is 5.94. The lowest BCUT2D eigenvalue weighted by molar-refractivity contribution is -0.150. The van der Waals surface area contributed by atoms with Crippen molar-refractivity contribution in [2.24, 2.45) is 5.41 Å². The van der Waals surface area contributed by atoms with Gasteiger partial charge in [0.05, 0.1) is 5.41 Å². The van der Waals surface area contributed by atoms with E-state index in [1.165, 1.54) is 6.08 Å². The molecule has 2 aliphatic rings. The van der Waals surface area contributed by atoms with E-state index in [-0.39, 0.29) is 17.9 Å². The van der Waals surface area contributed by atoms with Gasteiger partial charge in [0.25, 0.3) is 0 Å². The van der Waals surface area contributed by atoms with Crippen molar-refractivity contribution in [1.29, 1.82) is 0 Å². The van der Waals surface area contributed by atoms with Gasteiger partial charge in [-0.1, -0.05) is 6.08 Å². The normalized spacial score (nSPS) is 39.6. The molecule has 0 aromatic carbocycles. The van der Waals surface area contributed by atoms with E-state index in [2.05, 4.69) is 0 Å². The van der Waals surface area contributed by atoms with Crippen LogP contribution < -0.4 is 0 Å². The molecule has 12 heavy (non-hydrogen) atoms. The maximum atomic E-state index is 11.4. The Morgan fingerprint density at radius 3 is 3.08 bits per heavy atom. The molecule has 0 amide bonds. The lowest BCUT2D eigenvalue weighted by Gasteiger charge is -2.28. The number of ketones is 1. The highest BCUT2D eigenvalue weighted by atomic mass is 16.5. The predicted molar refractivity (Wildman–Crippen MR) is 41.4 cm³/mol. The van der Waals surface area contributed by atoms with E-state index < -0.39 is 5.41 Å². The van der Waals surface area contributed by atoms with Crippen molar-refractivity contribution in [3.8, 4) is 0 Å². The molecule has 0 aromatic rings. The second-order valence-electron chi connectivity index (χ2n) is 3.50. The molecule has 3 nitrogen and oxygen atoms in total.